The molecule has 1 heterocycles. The Balaban J connectivity index is 2.26. The minimum atomic E-state index is -0.0658. The Kier molecular flexibility index (Phi) is 3.64. The molecule has 20 heavy (non-hydrogen) atoms. The molecule has 0 unspecified atom stereocenters. The fraction of sp³-hybridized carbons (Fsp3) is 0.0625. The highest BCUT2D eigenvalue weighted by molar-refractivity contribution is 9.08. The van der Waals surface area contributed by atoms with E-state index in [1.807, 2.05) is 36.4 Å². The largest absolute Gasteiger partial charge is 0.456 e. The maximum absolute atomic E-state index is 12.2. The highest BCUT2D eigenvalue weighted by Crippen LogP contribution is 2.28. The molecule has 0 radical (unpaired) electrons. The summed E-state index contributed by atoms with van der Waals surface area (Å²) in [6.45, 7) is 0. The number of rotatable bonds is 2. The zero-order valence-corrected chi connectivity index (χ0v) is 12.7. The van der Waals surface area contributed by atoms with Gasteiger partial charge in [-0.2, -0.15) is 0 Å². The van der Waals surface area contributed by atoms with Crippen molar-refractivity contribution >= 4 is 38.5 Å². The Morgan fingerprint density at radius 3 is 2.65 bits per heavy atom. The molecule has 4 heteroatoms. The molecule has 100 valence electrons. The van der Waals surface area contributed by atoms with Crippen LogP contribution in [0.1, 0.15) is 5.56 Å². The van der Waals surface area contributed by atoms with Gasteiger partial charge in [0.2, 0.25) is 0 Å². The fourth-order valence-corrected chi connectivity index (χ4v) is 2.66. The number of hydrogen-bond donors (Lipinski definition) is 0. The molecule has 2 nitrogen and oxygen atoms in total. The van der Waals surface area contributed by atoms with Crippen LogP contribution in [-0.4, -0.2) is 0 Å². The second-order valence-electron chi connectivity index (χ2n) is 4.42. The molecular formula is C16H10BrClO2. The fourth-order valence-electron chi connectivity index (χ4n) is 2.08. The molecular weight excluding hydrogens is 340 g/mol. The quantitative estimate of drug-likeness (QED) is 0.609. The van der Waals surface area contributed by atoms with E-state index in [2.05, 4.69) is 15.9 Å². The summed E-state index contributed by atoms with van der Waals surface area (Å²) in [5.74, 6) is 0.486. The van der Waals surface area contributed by atoms with Crippen molar-refractivity contribution in [1.29, 1.82) is 0 Å². The molecule has 0 fully saturated rings. The molecule has 0 amide bonds. The Labute approximate surface area is 129 Å². The SMILES string of the molecule is O=c1cc(-c2ccccc2Cl)oc2ccc(CBr)cc12. The predicted molar refractivity (Wildman–Crippen MR) is 85.6 cm³/mol. The van der Waals surface area contributed by atoms with E-state index < -0.39 is 0 Å². The summed E-state index contributed by atoms with van der Waals surface area (Å²) in [5, 5.41) is 1.85. The average molecular weight is 350 g/mol. The zero-order chi connectivity index (χ0) is 14.1. The van der Waals surface area contributed by atoms with Gasteiger partial charge in [0.15, 0.2) is 5.43 Å². The highest BCUT2D eigenvalue weighted by Gasteiger charge is 2.09. The third-order valence-electron chi connectivity index (χ3n) is 3.09. The van der Waals surface area contributed by atoms with Gasteiger partial charge in [-0.25, -0.2) is 0 Å². The second-order valence-corrected chi connectivity index (χ2v) is 5.39. The smallest absolute Gasteiger partial charge is 0.193 e. The van der Waals surface area contributed by atoms with E-state index in [0.717, 1.165) is 11.1 Å². The number of alkyl halides is 1. The van der Waals surface area contributed by atoms with Crippen molar-refractivity contribution in [3.05, 3.63) is 69.3 Å². The van der Waals surface area contributed by atoms with E-state index in [4.69, 9.17) is 16.0 Å². The molecule has 2 aromatic carbocycles. The summed E-state index contributed by atoms with van der Waals surface area (Å²) in [6, 6.07) is 14.4. The van der Waals surface area contributed by atoms with Crippen LogP contribution in [0.5, 0.6) is 0 Å². The maximum Gasteiger partial charge on any atom is 0.193 e. The van der Waals surface area contributed by atoms with Crippen molar-refractivity contribution in [1.82, 2.24) is 0 Å². The molecule has 0 aliphatic rings. The van der Waals surface area contributed by atoms with E-state index in [0.29, 0.717) is 27.1 Å². The van der Waals surface area contributed by atoms with Gasteiger partial charge in [0.05, 0.1) is 10.4 Å². The van der Waals surface area contributed by atoms with Gasteiger partial charge in [0, 0.05) is 17.0 Å². The molecule has 0 atom stereocenters. The Hall–Kier alpha value is -1.58. The van der Waals surface area contributed by atoms with Crippen molar-refractivity contribution < 1.29 is 4.42 Å². The first-order valence-electron chi connectivity index (χ1n) is 6.06. The van der Waals surface area contributed by atoms with Crippen LogP contribution in [-0.2, 0) is 5.33 Å². The van der Waals surface area contributed by atoms with Crippen molar-refractivity contribution in [2.24, 2.45) is 0 Å². The minimum absolute atomic E-state index is 0.0658. The number of halogens is 2. The molecule has 0 aliphatic heterocycles. The molecule has 0 saturated carbocycles. The van der Waals surface area contributed by atoms with Crippen molar-refractivity contribution in [2.75, 3.05) is 0 Å². The summed E-state index contributed by atoms with van der Waals surface area (Å²) < 4.78 is 5.81. The van der Waals surface area contributed by atoms with Crippen molar-refractivity contribution in [3.63, 3.8) is 0 Å². The zero-order valence-electron chi connectivity index (χ0n) is 10.4. The van der Waals surface area contributed by atoms with Gasteiger partial charge in [0.1, 0.15) is 11.3 Å². The van der Waals surface area contributed by atoms with Crippen molar-refractivity contribution in [2.45, 2.75) is 5.33 Å². The van der Waals surface area contributed by atoms with Gasteiger partial charge in [-0.15, -0.1) is 0 Å². The van der Waals surface area contributed by atoms with E-state index in [1.54, 1.807) is 6.07 Å². The summed E-state index contributed by atoms with van der Waals surface area (Å²) in [4.78, 5) is 12.2. The van der Waals surface area contributed by atoms with E-state index >= 15 is 0 Å². The van der Waals surface area contributed by atoms with Gasteiger partial charge >= 0.3 is 0 Å². The normalized spacial score (nSPS) is 10.9. The van der Waals surface area contributed by atoms with Gasteiger partial charge in [-0.05, 0) is 29.8 Å². The summed E-state index contributed by atoms with van der Waals surface area (Å²) in [6.07, 6.45) is 0. The van der Waals surface area contributed by atoms with Crippen LogP contribution in [0.4, 0.5) is 0 Å². The summed E-state index contributed by atoms with van der Waals surface area (Å²) in [5.41, 5.74) is 2.26. The molecule has 0 bridgehead atoms. The molecule has 0 N–H and O–H groups in total. The standard InChI is InChI=1S/C16H10BrClO2/c17-9-10-5-6-15-12(7-10)14(19)8-16(20-15)11-3-1-2-4-13(11)18/h1-8H,9H2. The minimum Gasteiger partial charge on any atom is -0.456 e. The van der Waals surface area contributed by atoms with E-state index in [1.165, 1.54) is 6.07 Å². The molecule has 3 rings (SSSR count). The lowest BCUT2D eigenvalue weighted by Crippen LogP contribution is -2.01. The number of fused-ring (bicyclic) bond motifs is 1. The molecule has 0 saturated heterocycles. The summed E-state index contributed by atoms with van der Waals surface area (Å²) in [7, 11) is 0. The molecule has 0 aliphatic carbocycles. The van der Waals surface area contributed by atoms with Gasteiger partial charge in [-0.3, -0.25) is 4.79 Å². The first-order chi connectivity index (χ1) is 9.69. The number of hydrogen-bond acceptors (Lipinski definition) is 2. The second kappa shape index (κ2) is 5.43. The average Bonchev–Trinajstić information content (AvgIpc) is 2.47. The summed E-state index contributed by atoms with van der Waals surface area (Å²) >= 11 is 9.52. The lowest BCUT2D eigenvalue weighted by atomic mass is 10.1. The molecule has 3 aromatic rings. The Morgan fingerprint density at radius 1 is 1.10 bits per heavy atom. The predicted octanol–water partition coefficient (Wildman–Crippen LogP) is 5.01. The van der Waals surface area contributed by atoms with E-state index in [9.17, 15) is 4.79 Å². The lowest BCUT2D eigenvalue weighted by molar-refractivity contribution is 0.619. The third-order valence-corrected chi connectivity index (χ3v) is 4.06. The van der Waals surface area contributed by atoms with Crippen LogP contribution in [0.2, 0.25) is 5.02 Å². The van der Waals surface area contributed by atoms with Crippen LogP contribution in [0.3, 0.4) is 0 Å². The molecule has 0 spiro atoms. The van der Waals surface area contributed by atoms with Gasteiger partial charge in [0.25, 0.3) is 0 Å². The van der Waals surface area contributed by atoms with Crippen LogP contribution >= 0.6 is 27.5 Å². The van der Waals surface area contributed by atoms with E-state index in [-0.39, 0.29) is 5.43 Å². The first kappa shape index (κ1) is 13.4. The lowest BCUT2D eigenvalue weighted by Gasteiger charge is -2.05. The third kappa shape index (κ3) is 2.39. The van der Waals surface area contributed by atoms with Crippen LogP contribution in [0.25, 0.3) is 22.3 Å². The number of benzene rings is 2. The first-order valence-corrected chi connectivity index (χ1v) is 7.56. The van der Waals surface area contributed by atoms with Gasteiger partial charge < -0.3 is 4.42 Å². The van der Waals surface area contributed by atoms with Gasteiger partial charge in [-0.1, -0.05) is 45.7 Å². The molecule has 1 aromatic heterocycles. The monoisotopic (exact) mass is 348 g/mol. The van der Waals surface area contributed by atoms with Crippen molar-refractivity contribution in [3.8, 4) is 11.3 Å². The topological polar surface area (TPSA) is 30.2 Å². The van der Waals surface area contributed by atoms with Crippen LogP contribution < -0.4 is 5.43 Å². The Morgan fingerprint density at radius 2 is 1.90 bits per heavy atom. The highest BCUT2D eigenvalue weighted by atomic mass is 79.9. The Bertz CT molecular complexity index is 839. The maximum atomic E-state index is 12.2. The van der Waals surface area contributed by atoms with Crippen LogP contribution in [0.15, 0.2) is 57.7 Å². The van der Waals surface area contributed by atoms with Crippen LogP contribution in [0, 0.1) is 0 Å².